The van der Waals surface area contributed by atoms with Crippen molar-refractivity contribution in [2.45, 2.75) is 26.5 Å². The monoisotopic (exact) mass is 237 g/mol. The smallest absolute Gasteiger partial charge is 0.347 e. The molecule has 0 saturated heterocycles. The predicted octanol–water partition coefficient (Wildman–Crippen LogP) is 1.74. The quantitative estimate of drug-likeness (QED) is 0.765. The zero-order chi connectivity index (χ0) is 12.7. The number of nitrogens with one attached hydrogen (secondary N) is 1. The van der Waals surface area contributed by atoms with Gasteiger partial charge < -0.3 is 14.8 Å². The number of hydrogen-bond donors (Lipinski definition) is 1. The Morgan fingerprint density at radius 3 is 2.53 bits per heavy atom. The summed E-state index contributed by atoms with van der Waals surface area (Å²) in [7, 11) is 1.90. The van der Waals surface area contributed by atoms with Crippen molar-refractivity contribution in [2.24, 2.45) is 0 Å². The van der Waals surface area contributed by atoms with Gasteiger partial charge >= 0.3 is 5.97 Å². The number of rotatable bonds is 6. The summed E-state index contributed by atoms with van der Waals surface area (Å²) in [6, 6.07) is 7.62. The normalized spacial score (nSPS) is 11.9. The van der Waals surface area contributed by atoms with Crippen molar-refractivity contribution in [1.82, 2.24) is 5.32 Å². The van der Waals surface area contributed by atoms with Gasteiger partial charge in [-0.05, 0) is 38.6 Å². The van der Waals surface area contributed by atoms with E-state index in [0.29, 0.717) is 12.4 Å². The first-order valence-electron chi connectivity index (χ1n) is 5.74. The van der Waals surface area contributed by atoms with Crippen LogP contribution in [-0.4, -0.2) is 25.7 Å². The summed E-state index contributed by atoms with van der Waals surface area (Å²) in [5.74, 6) is 0.331. The van der Waals surface area contributed by atoms with Crippen LogP contribution in [0.4, 0.5) is 0 Å². The molecule has 1 N–H and O–H groups in total. The molecule has 1 atom stereocenters. The van der Waals surface area contributed by atoms with Crippen molar-refractivity contribution in [2.75, 3.05) is 13.7 Å². The third-order valence-corrected chi connectivity index (χ3v) is 2.24. The highest BCUT2D eigenvalue weighted by Gasteiger charge is 2.15. The van der Waals surface area contributed by atoms with E-state index in [1.165, 1.54) is 5.56 Å². The molecule has 1 unspecified atom stereocenters. The maximum atomic E-state index is 11.4. The lowest BCUT2D eigenvalue weighted by molar-refractivity contribution is -0.150. The van der Waals surface area contributed by atoms with Crippen LogP contribution in [0.3, 0.4) is 0 Å². The van der Waals surface area contributed by atoms with Gasteiger partial charge in [-0.2, -0.15) is 0 Å². The maximum absolute atomic E-state index is 11.4. The Morgan fingerprint density at radius 2 is 2.00 bits per heavy atom. The Kier molecular flexibility index (Phi) is 5.49. The molecule has 1 aromatic carbocycles. The van der Waals surface area contributed by atoms with Crippen LogP contribution in [0.15, 0.2) is 24.3 Å². The summed E-state index contributed by atoms with van der Waals surface area (Å²) in [6.07, 6.45) is -0.579. The van der Waals surface area contributed by atoms with E-state index in [2.05, 4.69) is 5.32 Å². The molecular formula is C13H19NO3. The second-order valence-corrected chi connectivity index (χ2v) is 3.69. The first-order chi connectivity index (χ1) is 8.17. The molecule has 0 aliphatic heterocycles. The van der Waals surface area contributed by atoms with Gasteiger partial charge in [-0.3, -0.25) is 0 Å². The average molecular weight is 237 g/mol. The van der Waals surface area contributed by atoms with Gasteiger partial charge in [0, 0.05) is 6.54 Å². The van der Waals surface area contributed by atoms with Crippen molar-refractivity contribution >= 4 is 5.97 Å². The Bertz CT molecular complexity index is 348. The van der Waals surface area contributed by atoms with Crippen LogP contribution in [0.25, 0.3) is 0 Å². The second kappa shape index (κ2) is 6.91. The van der Waals surface area contributed by atoms with E-state index < -0.39 is 6.10 Å². The van der Waals surface area contributed by atoms with Crippen molar-refractivity contribution in [3.05, 3.63) is 29.8 Å². The number of benzene rings is 1. The van der Waals surface area contributed by atoms with Crippen molar-refractivity contribution < 1.29 is 14.3 Å². The molecule has 0 fully saturated rings. The van der Waals surface area contributed by atoms with Crippen LogP contribution in [0.2, 0.25) is 0 Å². The second-order valence-electron chi connectivity index (χ2n) is 3.69. The summed E-state index contributed by atoms with van der Waals surface area (Å²) < 4.78 is 10.3. The summed E-state index contributed by atoms with van der Waals surface area (Å²) in [5, 5.41) is 3.06. The Balaban J connectivity index is 2.53. The number of hydrogen-bond acceptors (Lipinski definition) is 4. The highest BCUT2D eigenvalue weighted by Crippen LogP contribution is 2.14. The summed E-state index contributed by atoms with van der Waals surface area (Å²) in [6.45, 7) is 4.64. The van der Waals surface area contributed by atoms with Gasteiger partial charge in [0.25, 0.3) is 0 Å². The molecule has 0 radical (unpaired) electrons. The van der Waals surface area contributed by atoms with E-state index in [-0.39, 0.29) is 5.97 Å². The van der Waals surface area contributed by atoms with E-state index in [0.717, 1.165) is 6.54 Å². The molecule has 17 heavy (non-hydrogen) atoms. The topological polar surface area (TPSA) is 47.6 Å². The largest absolute Gasteiger partial charge is 0.479 e. The van der Waals surface area contributed by atoms with E-state index in [4.69, 9.17) is 9.47 Å². The molecule has 0 saturated carbocycles. The minimum atomic E-state index is -0.579. The lowest BCUT2D eigenvalue weighted by Crippen LogP contribution is -2.26. The molecule has 94 valence electrons. The molecular weight excluding hydrogens is 218 g/mol. The highest BCUT2D eigenvalue weighted by atomic mass is 16.6. The average Bonchev–Trinajstić information content (AvgIpc) is 2.32. The Labute approximate surface area is 102 Å². The zero-order valence-corrected chi connectivity index (χ0v) is 10.5. The molecule has 0 aliphatic rings. The fourth-order valence-electron chi connectivity index (χ4n) is 1.40. The van der Waals surface area contributed by atoms with Crippen LogP contribution >= 0.6 is 0 Å². The van der Waals surface area contributed by atoms with Crippen molar-refractivity contribution in [1.29, 1.82) is 0 Å². The first kappa shape index (κ1) is 13.5. The molecule has 0 aromatic heterocycles. The standard InChI is InChI=1S/C13H19NO3/c1-4-16-13(15)10(2)17-12-7-5-11(6-8-12)9-14-3/h5-8,10,14H,4,9H2,1-3H3. The molecule has 4 heteroatoms. The molecule has 0 aliphatic carbocycles. The van der Waals surface area contributed by atoms with Gasteiger partial charge in [0.15, 0.2) is 6.10 Å². The van der Waals surface area contributed by atoms with Gasteiger partial charge in [-0.15, -0.1) is 0 Å². The Morgan fingerprint density at radius 1 is 1.35 bits per heavy atom. The molecule has 0 amide bonds. The molecule has 0 spiro atoms. The molecule has 4 nitrogen and oxygen atoms in total. The molecule has 1 rings (SSSR count). The molecule has 0 bridgehead atoms. The minimum absolute atomic E-state index is 0.341. The maximum Gasteiger partial charge on any atom is 0.347 e. The van der Waals surface area contributed by atoms with Crippen LogP contribution in [-0.2, 0) is 16.1 Å². The molecule has 0 heterocycles. The van der Waals surface area contributed by atoms with Crippen LogP contribution in [0, 0.1) is 0 Å². The van der Waals surface area contributed by atoms with Gasteiger partial charge in [0.1, 0.15) is 5.75 Å². The first-order valence-corrected chi connectivity index (χ1v) is 5.74. The number of esters is 1. The minimum Gasteiger partial charge on any atom is -0.479 e. The van der Waals surface area contributed by atoms with Gasteiger partial charge in [-0.1, -0.05) is 12.1 Å². The summed E-state index contributed by atoms with van der Waals surface area (Å²) >= 11 is 0. The summed E-state index contributed by atoms with van der Waals surface area (Å²) in [4.78, 5) is 11.4. The van der Waals surface area contributed by atoms with Crippen LogP contribution in [0.5, 0.6) is 5.75 Å². The van der Waals surface area contributed by atoms with Crippen molar-refractivity contribution in [3.63, 3.8) is 0 Å². The van der Waals surface area contributed by atoms with Crippen LogP contribution < -0.4 is 10.1 Å². The van der Waals surface area contributed by atoms with E-state index in [9.17, 15) is 4.79 Å². The number of carbonyl (C=O) groups is 1. The lowest BCUT2D eigenvalue weighted by Gasteiger charge is -2.13. The zero-order valence-electron chi connectivity index (χ0n) is 10.5. The lowest BCUT2D eigenvalue weighted by atomic mass is 10.2. The predicted molar refractivity (Wildman–Crippen MR) is 65.9 cm³/mol. The van der Waals surface area contributed by atoms with Gasteiger partial charge in [0.05, 0.1) is 6.61 Å². The van der Waals surface area contributed by atoms with Crippen LogP contribution in [0.1, 0.15) is 19.4 Å². The van der Waals surface area contributed by atoms with Gasteiger partial charge in [0.2, 0.25) is 0 Å². The van der Waals surface area contributed by atoms with Crippen molar-refractivity contribution in [3.8, 4) is 5.75 Å². The van der Waals surface area contributed by atoms with Gasteiger partial charge in [-0.25, -0.2) is 4.79 Å². The van der Waals surface area contributed by atoms with E-state index >= 15 is 0 Å². The third kappa shape index (κ3) is 4.44. The fourth-order valence-corrected chi connectivity index (χ4v) is 1.40. The highest BCUT2D eigenvalue weighted by molar-refractivity contribution is 5.74. The van der Waals surface area contributed by atoms with E-state index in [1.54, 1.807) is 13.8 Å². The van der Waals surface area contributed by atoms with E-state index in [1.807, 2.05) is 31.3 Å². The Hall–Kier alpha value is -1.55. The third-order valence-electron chi connectivity index (χ3n) is 2.24. The SMILES string of the molecule is CCOC(=O)C(C)Oc1ccc(CNC)cc1. The summed E-state index contributed by atoms with van der Waals surface area (Å²) in [5.41, 5.74) is 1.17. The number of carbonyl (C=O) groups excluding carboxylic acids is 1. The molecule has 1 aromatic rings. The number of ether oxygens (including phenoxy) is 2. The fraction of sp³-hybridized carbons (Fsp3) is 0.462.